The third kappa shape index (κ3) is 4.25. The van der Waals surface area contributed by atoms with Crippen LogP contribution in [0.5, 0.6) is 0 Å². The van der Waals surface area contributed by atoms with E-state index in [4.69, 9.17) is 0 Å². The van der Waals surface area contributed by atoms with Crippen molar-refractivity contribution >= 4 is 22.5 Å². The molecule has 144 valence electrons. The molecule has 1 heterocycles. The van der Waals surface area contributed by atoms with Crippen molar-refractivity contribution in [2.45, 2.75) is 20.4 Å². The predicted molar refractivity (Wildman–Crippen MR) is 107 cm³/mol. The molecule has 7 nitrogen and oxygen atoms in total. The van der Waals surface area contributed by atoms with Crippen molar-refractivity contribution in [3.63, 3.8) is 0 Å². The van der Waals surface area contributed by atoms with Gasteiger partial charge in [0, 0.05) is 35.3 Å². The average molecular weight is 379 g/mol. The first-order valence-corrected chi connectivity index (χ1v) is 9.00. The number of H-pyrrole nitrogens is 1. The zero-order valence-corrected chi connectivity index (χ0v) is 15.7. The highest BCUT2D eigenvalue weighted by Crippen LogP contribution is 2.18. The van der Waals surface area contributed by atoms with Gasteiger partial charge in [-0.15, -0.1) is 0 Å². The molecule has 0 spiro atoms. The maximum absolute atomic E-state index is 13.0. The van der Waals surface area contributed by atoms with E-state index in [1.54, 1.807) is 17.0 Å². The maximum Gasteiger partial charge on any atom is 0.270 e. The molecular formula is C21H21N3O4. The second-order valence-electron chi connectivity index (χ2n) is 7.10. The molecule has 28 heavy (non-hydrogen) atoms. The van der Waals surface area contributed by atoms with Crippen LogP contribution < -0.4 is 5.56 Å². The predicted octanol–water partition coefficient (Wildman–Crippen LogP) is 3.73. The third-order valence-corrected chi connectivity index (χ3v) is 4.37. The van der Waals surface area contributed by atoms with E-state index >= 15 is 0 Å². The Kier molecular flexibility index (Phi) is 5.54. The summed E-state index contributed by atoms with van der Waals surface area (Å²) in [5.74, 6) is -0.174. The van der Waals surface area contributed by atoms with Gasteiger partial charge in [-0.3, -0.25) is 19.7 Å². The Bertz CT molecular complexity index is 1090. The van der Waals surface area contributed by atoms with Crippen molar-refractivity contribution in [1.29, 1.82) is 0 Å². The highest BCUT2D eigenvalue weighted by atomic mass is 16.6. The highest BCUT2D eigenvalue weighted by molar-refractivity contribution is 5.95. The molecule has 7 heteroatoms. The molecule has 1 aromatic heterocycles. The van der Waals surface area contributed by atoms with E-state index in [0.29, 0.717) is 12.1 Å². The number of carbonyl (C=O) groups is 1. The number of nitro groups is 1. The van der Waals surface area contributed by atoms with Crippen LogP contribution in [0, 0.1) is 16.0 Å². The van der Waals surface area contributed by atoms with Gasteiger partial charge in [-0.1, -0.05) is 38.1 Å². The van der Waals surface area contributed by atoms with Crippen molar-refractivity contribution in [3.05, 3.63) is 86.2 Å². The van der Waals surface area contributed by atoms with Crippen LogP contribution in [0.25, 0.3) is 10.9 Å². The van der Waals surface area contributed by atoms with Gasteiger partial charge in [0.05, 0.1) is 11.5 Å². The van der Waals surface area contributed by atoms with Crippen molar-refractivity contribution in [2.75, 3.05) is 6.54 Å². The van der Waals surface area contributed by atoms with E-state index in [1.807, 2.05) is 38.1 Å². The van der Waals surface area contributed by atoms with Crippen molar-refractivity contribution in [2.24, 2.45) is 5.92 Å². The number of nitro benzene ring substituents is 1. The Balaban J connectivity index is 1.95. The van der Waals surface area contributed by atoms with E-state index in [0.717, 1.165) is 10.9 Å². The van der Waals surface area contributed by atoms with Gasteiger partial charge in [-0.25, -0.2) is 0 Å². The SMILES string of the molecule is CC(C)CN(Cc1cc2ccccc2[nH]c1=O)C(=O)c1cccc([N+](=O)[O-])c1. The lowest BCUT2D eigenvalue weighted by molar-refractivity contribution is -0.384. The molecule has 1 N–H and O–H groups in total. The van der Waals surface area contributed by atoms with Gasteiger partial charge in [-0.2, -0.15) is 0 Å². The minimum atomic E-state index is -0.530. The lowest BCUT2D eigenvalue weighted by Crippen LogP contribution is -2.35. The molecule has 0 aliphatic rings. The average Bonchev–Trinajstić information content (AvgIpc) is 2.67. The largest absolute Gasteiger partial charge is 0.334 e. The van der Waals surface area contributed by atoms with Crippen LogP contribution in [0.3, 0.4) is 0 Å². The fraction of sp³-hybridized carbons (Fsp3) is 0.238. The Labute approximate surface area is 161 Å². The number of nitrogens with one attached hydrogen (secondary N) is 1. The second-order valence-corrected chi connectivity index (χ2v) is 7.10. The van der Waals surface area contributed by atoms with Crippen LogP contribution in [-0.4, -0.2) is 27.3 Å². The molecular weight excluding hydrogens is 358 g/mol. The molecule has 0 bridgehead atoms. The van der Waals surface area contributed by atoms with Crippen LogP contribution in [0.15, 0.2) is 59.4 Å². The number of benzene rings is 2. The van der Waals surface area contributed by atoms with Gasteiger partial charge in [-0.05, 0) is 29.5 Å². The number of non-ortho nitro benzene ring substituents is 1. The number of nitrogens with zero attached hydrogens (tertiary/aromatic N) is 2. The molecule has 0 unspecified atom stereocenters. The zero-order valence-electron chi connectivity index (χ0n) is 15.7. The first kappa shape index (κ1) is 19.3. The number of carbonyl (C=O) groups excluding carboxylic acids is 1. The fourth-order valence-electron chi connectivity index (χ4n) is 3.11. The molecule has 0 aliphatic heterocycles. The van der Waals surface area contributed by atoms with Crippen LogP contribution in [0.2, 0.25) is 0 Å². The summed E-state index contributed by atoms with van der Waals surface area (Å²) in [7, 11) is 0. The van der Waals surface area contributed by atoms with E-state index < -0.39 is 4.92 Å². The van der Waals surface area contributed by atoms with Crippen LogP contribution >= 0.6 is 0 Å². The number of aromatic amines is 1. The zero-order chi connectivity index (χ0) is 20.3. The Morgan fingerprint density at radius 1 is 1.14 bits per heavy atom. The first-order valence-electron chi connectivity index (χ1n) is 9.00. The van der Waals surface area contributed by atoms with Gasteiger partial charge < -0.3 is 9.88 Å². The van der Waals surface area contributed by atoms with Gasteiger partial charge in [0.1, 0.15) is 0 Å². The van der Waals surface area contributed by atoms with Crippen LogP contribution in [-0.2, 0) is 6.54 Å². The monoisotopic (exact) mass is 379 g/mol. The van der Waals surface area contributed by atoms with Crippen LogP contribution in [0.4, 0.5) is 5.69 Å². The maximum atomic E-state index is 13.0. The highest BCUT2D eigenvalue weighted by Gasteiger charge is 2.20. The van der Waals surface area contributed by atoms with Crippen molar-refractivity contribution in [1.82, 2.24) is 9.88 Å². The Morgan fingerprint density at radius 2 is 1.89 bits per heavy atom. The number of rotatable bonds is 6. The number of hydrogen-bond donors (Lipinski definition) is 1. The number of amides is 1. The molecule has 3 rings (SSSR count). The summed E-state index contributed by atoms with van der Waals surface area (Å²) in [5.41, 5.74) is 1.04. The van der Waals surface area contributed by atoms with Gasteiger partial charge in [0.2, 0.25) is 0 Å². The summed E-state index contributed by atoms with van der Waals surface area (Å²) in [6.07, 6.45) is 0. The van der Waals surface area contributed by atoms with Crippen LogP contribution in [0.1, 0.15) is 29.8 Å². The summed E-state index contributed by atoms with van der Waals surface area (Å²) >= 11 is 0. The number of para-hydroxylation sites is 1. The molecule has 0 fully saturated rings. The molecule has 3 aromatic rings. The lowest BCUT2D eigenvalue weighted by Gasteiger charge is -2.24. The van der Waals surface area contributed by atoms with E-state index in [9.17, 15) is 19.7 Å². The molecule has 2 aromatic carbocycles. The normalized spacial score (nSPS) is 11.0. The molecule has 0 saturated carbocycles. The number of hydrogen-bond acceptors (Lipinski definition) is 4. The summed E-state index contributed by atoms with van der Waals surface area (Å²) < 4.78 is 0. The first-order chi connectivity index (χ1) is 13.3. The summed E-state index contributed by atoms with van der Waals surface area (Å²) in [6.45, 7) is 4.49. The van der Waals surface area contributed by atoms with Gasteiger partial charge in [0.25, 0.3) is 17.2 Å². The third-order valence-electron chi connectivity index (χ3n) is 4.37. The lowest BCUT2D eigenvalue weighted by atomic mass is 10.1. The molecule has 0 aliphatic carbocycles. The van der Waals surface area contributed by atoms with E-state index in [2.05, 4.69) is 4.98 Å². The smallest absolute Gasteiger partial charge is 0.270 e. The molecule has 0 saturated heterocycles. The standard InChI is InChI=1S/C21H21N3O4/c1-14(2)12-23(21(26)16-7-5-8-18(11-16)24(27)28)13-17-10-15-6-3-4-9-19(15)22-20(17)25/h3-11,14H,12-13H2,1-2H3,(H,22,25). The van der Waals surface area contributed by atoms with Crippen molar-refractivity contribution < 1.29 is 9.72 Å². The fourth-order valence-corrected chi connectivity index (χ4v) is 3.11. The van der Waals surface area contributed by atoms with Crippen molar-refractivity contribution in [3.8, 4) is 0 Å². The summed E-state index contributed by atoms with van der Waals surface area (Å²) in [6, 6.07) is 14.9. The molecule has 1 amide bonds. The Morgan fingerprint density at radius 3 is 2.61 bits per heavy atom. The summed E-state index contributed by atoms with van der Waals surface area (Å²) in [4.78, 5) is 40.4. The number of aromatic nitrogens is 1. The Hall–Kier alpha value is -3.48. The minimum Gasteiger partial charge on any atom is -0.334 e. The molecule has 0 atom stereocenters. The van der Waals surface area contributed by atoms with Gasteiger partial charge >= 0.3 is 0 Å². The van der Waals surface area contributed by atoms with E-state index in [-0.39, 0.29) is 35.2 Å². The molecule has 0 radical (unpaired) electrons. The van der Waals surface area contributed by atoms with E-state index in [1.165, 1.54) is 18.2 Å². The number of fused-ring (bicyclic) bond motifs is 1. The quantitative estimate of drug-likeness (QED) is 0.521. The van der Waals surface area contributed by atoms with Gasteiger partial charge in [0.15, 0.2) is 0 Å². The summed E-state index contributed by atoms with van der Waals surface area (Å²) in [5, 5.41) is 11.9. The minimum absolute atomic E-state index is 0.125. The topological polar surface area (TPSA) is 96.3 Å². The number of pyridine rings is 1. The second kappa shape index (κ2) is 8.04.